The highest BCUT2D eigenvalue weighted by molar-refractivity contribution is 5.81. The topological polar surface area (TPSA) is 76.7 Å². The van der Waals surface area contributed by atoms with E-state index in [0.29, 0.717) is 10.9 Å². The Morgan fingerprint density at radius 1 is 1.37 bits per heavy atom. The molecule has 0 aliphatic rings. The Labute approximate surface area is 105 Å². The molecule has 2 rings (SSSR count). The lowest BCUT2D eigenvalue weighted by atomic mass is 10.1. The molecule has 19 heavy (non-hydrogen) atoms. The highest BCUT2D eigenvalue weighted by atomic mass is 19.3. The molecule has 5 nitrogen and oxygen atoms in total. The van der Waals surface area contributed by atoms with Crippen LogP contribution >= 0.6 is 0 Å². The molecular weight excluding hydrogens is 262 g/mol. The molecule has 0 saturated carbocycles. The average molecular weight is 270 g/mol. The first-order valence-electron chi connectivity index (χ1n) is 5.14. The van der Waals surface area contributed by atoms with Crippen molar-refractivity contribution in [3.05, 3.63) is 40.2 Å². The molecule has 0 spiro atoms. The molecule has 2 aromatic rings. The summed E-state index contributed by atoms with van der Waals surface area (Å²) in [4.78, 5) is 21.4. The Balaban J connectivity index is 2.48. The van der Waals surface area contributed by atoms with Crippen LogP contribution < -0.4 is 10.4 Å². The van der Waals surface area contributed by atoms with E-state index < -0.39 is 23.5 Å². The molecule has 0 saturated heterocycles. The zero-order valence-electron chi connectivity index (χ0n) is 9.65. The zero-order chi connectivity index (χ0) is 14.2. The van der Waals surface area contributed by atoms with Gasteiger partial charge in [0.2, 0.25) is 0 Å². The van der Waals surface area contributed by atoms with E-state index in [4.69, 9.17) is 9.52 Å². The molecule has 0 unspecified atom stereocenters. The maximum Gasteiger partial charge on any atom is 0.501 e. The lowest BCUT2D eigenvalue weighted by Gasteiger charge is -2.13. The van der Waals surface area contributed by atoms with Gasteiger partial charge in [0.15, 0.2) is 0 Å². The van der Waals surface area contributed by atoms with Gasteiger partial charge in [-0.15, -0.1) is 0 Å². The van der Waals surface area contributed by atoms with E-state index in [-0.39, 0.29) is 5.58 Å². The number of carboxylic acids is 1. The van der Waals surface area contributed by atoms with Gasteiger partial charge >= 0.3 is 17.7 Å². The number of benzene rings is 1. The minimum atomic E-state index is -4.35. The fraction of sp³-hybridized carbons (Fsp3) is 0.167. The number of aryl methyl sites for hydroxylation is 1. The van der Waals surface area contributed by atoms with Crippen molar-refractivity contribution in [2.45, 2.75) is 13.0 Å². The molecule has 1 heterocycles. The average Bonchev–Trinajstić information content (AvgIpc) is 2.27. The van der Waals surface area contributed by atoms with Crippen LogP contribution in [0.4, 0.5) is 8.78 Å². The lowest BCUT2D eigenvalue weighted by Crippen LogP contribution is -2.34. The predicted molar refractivity (Wildman–Crippen MR) is 60.4 cm³/mol. The van der Waals surface area contributed by atoms with Gasteiger partial charge in [0, 0.05) is 17.5 Å². The van der Waals surface area contributed by atoms with Crippen molar-refractivity contribution in [2.24, 2.45) is 0 Å². The summed E-state index contributed by atoms with van der Waals surface area (Å²) in [6, 6.07) is 4.88. The highest BCUT2D eigenvalue weighted by Crippen LogP contribution is 2.26. The van der Waals surface area contributed by atoms with Crippen LogP contribution in [-0.2, 0) is 4.79 Å². The Bertz CT molecular complexity index is 705. The number of hydrogen-bond donors (Lipinski definition) is 1. The van der Waals surface area contributed by atoms with Crippen LogP contribution in [0.2, 0.25) is 0 Å². The molecule has 1 aromatic heterocycles. The van der Waals surface area contributed by atoms with Crippen molar-refractivity contribution in [3.8, 4) is 5.75 Å². The van der Waals surface area contributed by atoms with Crippen LogP contribution in [0.5, 0.6) is 5.75 Å². The number of carbonyl (C=O) groups is 1. The van der Waals surface area contributed by atoms with Gasteiger partial charge in [-0.1, -0.05) is 0 Å². The van der Waals surface area contributed by atoms with Crippen molar-refractivity contribution in [2.75, 3.05) is 0 Å². The second kappa shape index (κ2) is 4.34. The van der Waals surface area contributed by atoms with Gasteiger partial charge in [-0.25, -0.2) is 9.59 Å². The number of carboxylic acid groups (broad SMARTS) is 1. The van der Waals surface area contributed by atoms with E-state index in [1.165, 1.54) is 18.2 Å². The van der Waals surface area contributed by atoms with Crippen LogP contribution in [0.25, 0.3) is 11.0 Å². The van der Waals surface area contributed by atoms with Crippen molar-refractivity contribution in [1.82, 2.24) is 0 Å². The van der Waals surface area contributed by atoms with Crippen molar-refractivity contribution in [3.63, 3.8) is 0 Å². The number of aliphatic carboxylic acids is 1. The third-order valence-electron chi connectivity index (χ3n) is 2.42. The van der Waals surface area contributed by atoms with Crippen molar-refractivity contribution < 1.29 is 27.8 Å². The third-order valence-corrected chi connectivity index (χ3v) is 2.42. The second-order valence-electron chi connectivity index (χ2n) is 3.83. The minimum absolute atomic E-state index is 0.0451. The summed E-state index contributed by atoms with van der Waals surface area (Å²) in [7, 11) is 0. The van der Waals surface area contributed by atoms with Gasteiger partial charge in [-0.3, -0.25) is 0 Å². The van der Waals surface area contributed by atoms with E-state index in [1.807, 2.05) is 0 Å². The molecule has 1 aromatic carbocycles. The summed E-state index contributed by atoms with van der Waals surface area (Å²) in [5.74, 6) is -2.81. The Morgan fingerprint density at radius 2 is 2.05 bits per heavy atom. The summed E-state index contributed by atoms with van der Waals surface area (Å²) < 4.78 is 34.6. The van der Waals surface area contributed by atoms with E-state index in [2.05, 4.69) is 4.74 Å². The van der Waals surface area contributed by atoms with Crippen molar-refractivity contribution in [1.29, 1.82) is 0 Å². The molecule has 0 amide bonds. The Hall–Kier alpha value is -2.44. The first kappa shape index (κ1) is 13.0. The highest BCUT2D eigenvalue weighted by Gasteiger charge is 2.42. The minimum Gasteiger partial charge on any atom is -0.474 e. The third kappa shape index (κ3) is 2.54. The summed E-state index contributed by atoms with van der Waals surface area (Å²) in [5, 5.41) is 8.80. The summed E-state index contributed by atoms with van der Waals surface area (Å²) in [6.45, 7) is 1.66. The maximum atomic E-state index is 12.9. The van der Waals surface area contributed by atoms with Gasteiger partial charge in [0.25, 0.3) is 0 Å². The van der Waals surface area contributed by atoms with E-state index in [1.54, 1.807) is 6.92 Å². The van der Waals surface area contributed by atoms with Crippen LogP contribution in [-0.4, -0.2) is 17.2 Å². The van der Waals surface area contributed by atoms with Crippen LogP contribution in [0.1, 0.15) is 5.56 Å². The number of rotatable bonds is 3. The van der Waals surface area contributed by atoms with Gasteiger partial charge in [0.05, 0.1) is 0 Å². The fourth-order valence-electron chi connectivity index (χ4n) is 1.56. The molecule has 0 bridgehead atoms. The monoisotopic (exact) mass is 270 g/mol. The number of alkyl halides is 2. The molecule has 100 valence electrons. The van der Waals surface area contributed by atoms with E-state index in [9.17, 15) is 18.4 Å². The fourth-order valence-corrected chi connectivity index (χ4v) is 1.56. The first-order valence-corrected chi connectivity index (χ1v) is 5.14. The quantitative estimate of drug-likeness (QED) is 0.865. The Morgan fingerprint density at radius 3 is 2.68 bits per heavy atom. The molecule has 0 radical (unpaired) electrons. The second-order valence-corrected chi connectivity index (χ2v) is 3.83. The summed E-state index contributed by atoms with van der Waals surface area (Å²) in [5.41, 5.74) is 0.0265. The molecule has 0 atom stereocenters. The molecule has 0 aliphatic carbocycles. The van der Waals surface area contributed by atoms with Crippen molar-refractivity contribution >= 4 is 16.9 Å². The van der Waals surface area contributed by atoms with E-state index in [0.717, 1.165) is 6.07 Å². The SMILES string of the molecule is Cc1cc(=O)oc2cc(OC(F)(F)C(=O)O)ccc12. The normalized spacial score (nSPS) is 11.5. The number of hydrogen-bond acceptors (Lipinski definition) is 4. The van der Waals surface area contributed by atoms with Gasteiger partial charge < -0.3 is 14.3 Å². The number of fused-ring (bicyclic) bond motifs is 1. The first-order chi connectivity index (χ1) is 8.79. The number of ether oxygens (including phenoxy) is 1. The van der Waals surface area contributed by atoms with Crippen LogP contribution in [0, 0.1) is 6.92 Å². The standard InChI is InChI=1S/C12H8F2O5/c1-6-4-10(15)18-9-5-7(2-3-8(6)9)19-12(13,14)11(16)17/h2-5H,1H3,(H,16,17). The summed E-state index contributed by atoms with van der Waals surface area (Å²) in [6.07, 6.45) is -4.35. The molecule has 7 heteroatoms. The molecule has 0 aliphatic heterocycles. The molecule has 0 fully saturated rings. The smallest absolute Gasteiger partial charge is 0.474 e. The van der Waals surface area contributed by atoms with Gasteiger partial charge in [0.1, 0.15) is 11.3 Å². The van der Waals surface area contributed by atoms with Gasteiger partial charge in [-0.05, 0) is 24.6 Å². The van der Waals surface area contributed by atoms with Crippen LogP contribution in [0.15, 0.2) is 33.5 Å². The largest absolute Gasteiger partial charge is 0.501 e. The van der Waals surface area contributed by atoms with Gasteiger partial charge in [-0.2, -0.15) is 8.78 Å². The van der Waals surface area contributed by atoms with E-state index >= 15 is 0 Å². The maximum absolute atomic E-state index is 12.9. The number of halogens is 2. The zero-order valence-corrected chi connectivity index (χ0v) is 9.65. The Kier molecular flexibility index (Phi) is 2.97. The molecule has 1 N–H and O–H groups in total. The van der Waals surface area contributed by atoms with Crippen LogP contribution in [0.3, 0.4) is 0 Å². The predicted octanol–water partition coefficient (Wildman–Crippen LogP) is 2.16. The lowest BCUT2D eigenvalue weighted by molar-refractivity contribution is -0.210. The summed E-state index contributed by atoms with van der Waals surface area (Å²) >= 11 is 0. The molecular formula is C12H8F2O5.